The fourth-order valence-electron chi connectivity index (χ4n) is 0.902. The van der Waals surface area contributed by atoms with Crippen molar-refractivity contribution < 1.29 is 0 Å². The quantitative estimate of drug-likeness (QED) is 0.291. The SMILES string of the molecule is C=C(C)CCCCC[SiH](Cl)Br. The summed E-state index contributed by atoms with van der Waals surface area (Å²) in [4.78, 5) is 0. The van der Waals surface area contributed by atoms with Gasteiger partial charge < -0.3 is 0 Å². The molecular formula is C8H16BrClSi. The van der Waals surface area contributed by atoms with Gasteiger partial charge in [0.05, 0.1) is 0 Å². The molecule has 0 bridgehead atoms. The van der Waals surface area contributed by atoms with Crippen LogP contribution in [0.25, 0.3) is 0 Å². The van der Waals surface area contributed by atoms with Gasteiger partial charge in [0, 0.05) is 0 Å². The third-order valence-corrected chi connectivity index (χ3v) is 4.40. The van der Waals surface area contributed by atoms with Crippen LogP contribution in [-0.4, -0.2) is 6.73 Å². The van der Waals surface area contributed by atoms with Crippen molar-refractivity contribution in [3.8, 4) is 0 Å². The zero-order valence-electron chi connectivity index (χ0n) is 7.08. The van der Waals surface area contributed by atoms with E-state index in [4.69, 9.17) is 11.1 Å². The lowest BCUT2D eigenvalue weighted by Gasteiger charge is -2.00. The third-order valence-electron chi connectivity index (χ3n) is 1.53. The molecule has 0 aliphatic carbocycles. The maximum atomic E-state index is 5.86. The van der Waals surface area contributed by atoms with Gasteiger partial charge in [-0.3, -0.25) is 0 Å². The summed E-state index contributed by atoms with van der Waals surface area (Å²) in [6, 6.07) is 1.21. The molecule has 3 heteroatoms. The Kier molecular flexibility index (Phi) is 7.87. The van der Waals surface area contributed by atoms with E-state index in [0.717, 1.165) is 0 Å². The molecule has 1 atom stereocenters. The Morgan fingerprint density at radius 1 is 1.45 bits per heavy atom. The molecule has 0 aromatic rings. The van der Waals surface area contributed by atoms with Gasteiger partial charge in [-0.1, -0.05) is 18.4 Å². The first-order valence-corrected chi connectivity index (χ1v) is 9.80. The van der Waals surface area contributed by atoms with Crippen molar-refractivity contribution in [1.82, 2.24) is 0 Å². The van der Waals surface area contributed by atoms with Gasteiger partial charge in [-0.2, -0.15) is 11.1 Å². The molecule has 0 rings (SSSR count). The molecule has 0 N–H and O–H groups in total. The molecule has 0 heterocycles. The minimum atomic E-state index is -0.975. The standard InChI is InChI=1S/C8H16BrClSi/c1-8(2)6-4-3-5-7-11(9)10/h11H,1,3-7H2,2H3. The topological polar surface area (TPSA) is 0 Å². The summed E-state index contributed by atoms with van der Waals surface area (Å²) in [5, 5.41) is 0. The number of allylic oxidation sites excluding steroid dienone is 1. The fraction of sp³-hybridized carbons (Fsp3) is 0.750. The molecule has 0 nitrogen and oxygen atoms in total. The summed E-state index contributed by atoms with van der Waals surface area (Å²) in [6.07, 6.45) is 5.03. The number of hydrogen-bond acceptors (Lipinski definition) is 0. The molecule has 0 amide bonds. The van der Waals surface area contributed by atoms with E-state index >= 15 is 0 Å². The van der Waals surface area contributed by atoms with Crippen LogP contribution in [-0.2, 0) is 0 Å². The Hall–Kier alpha value is 0.727. The summed E-state index contributed by atoms with van der Waals surface area (Å²) >= 11 is 9.30. The second-order valence-corrected chi connectivity index (χ2v) is 10.8. The van der Waals surface area contributed by atoms with Gasteiger partial charge >= 0.3 is 0 Å². The van der Waals surface area contributed by atoms with Crippen LogP contribution in [0.15, 0.2) is 12.2 Å². The van der Waals surface area contributed by atoms with Gasteiger partial charge in [0.2, 0.25) is 6.73 Å². The van der Waals surface area contributed by atoms with Gasteiger partial charge in [0.15, 0.2) is 0 Å². The average Bonchev–Trinajstić information content (AvgIpc) is 1.85. The summed E-state index contributed by atoms with van der Waals surface area (Å²) in [5.74, 6) is 0. The van der Waals surface area contributed by atoms with Crippen molar-refractivity contribution in [1.29, 1.82) is 0 Å². The molecule has 0 spiro atoms. The Morgan fingerprint density at radius 2 is 2.09 bits per heavy atom. The van der Waals surface area contributed by atoms with Crippen LogP contribution < -0.4 is 0 Å². The van der Waals surface area contributed by atoms with Crippen LogP contribution >= 0.6 is 26.4 Å². The molecule has 0 saturated carbocycles. The van der Waals surface area contributed by atoms with Crippen molar-refractivity contribution in [2.24, 2.45) is 0 Å². The molecule has 0 saturated heterocycles. The summed E-state index contributed by atoms with van der Waals surface area (Å²) in [7, 11) is 0. The van der Waals surface area contributed by atoms with E-state index in [1.807, 2.05) is 0 Å². The molecule has 0 aromatic carbocycles. The van der Waals surface area contributed by atoms with Crippen LogP contribution in [0.2, 0.25) is 6.04 Å². The van der Waals surface area contributed by atoms with Crippen molar-refractivity contribution in [2.75, 3.05) is 0 Å². The first-order valence-electron chi connectivity index (χ1n) is 4.05. The number of hydrogen-bond donors (Lipinski definition) is 0. The molecule has 0 radical (unpaired) electrons. The van der Waals surface area contributed by atoms with Crippen molar-refractivity contribution in [3.05, 3.63) is 12.2 Å². The Bertz CT molecular complexity index is 115. The van der Waals surface area contributed by atoms with Crippen molar-refractivity contribution >= 4 is 33.1 Å². The van der Waals surface area contributed by atoms with Crippen molar-refractivity contribution in [2.45, 2.75) is 38.7 Å². The smallest absolute Gasteiger partial charge is 0.157 e. The van der Waals surface area contributed by atoms with Crippen molar-refractivity contribution in [3.63, 3.8) is 0 Å². The van der Waals surface area contributed by atoms with Crippen LogP contribution in [0.3, 0.4) is 0 Å². The van der Waals surface area contributed by atoms with Crippen LogP contribution in [0, 0.1) is 0 Å². The van der Waals surface area contributed by atoms with E-state index in [2.05, 4.69) is 28.8 Å². The minimum Gasteiger partial charge on any atom is -0.157 e. The van der Waals surface area contributed by atoms with Crippen LogP contribution in [0.1, 0.15) is 32.6 Å². The van der Waals surface area contributed by atoms with Gasteiger partial charge in [-0.15, -0.1) is 21.9 Å². The van der Waals surface area contributed by atoms with Gasteiger partial charge in [-0.05, 0) is 25.8 Å². The maximum absolute atomic E-state index is 5.86. The van der Waals surface area contributed by atoms with E-state index in [1.54, 1.807) is 0 Å². The predicted molar refractivity (Wildman–Crippen MR) is 60.0 cm³/mol. The Balaban J connectivity index is 2.97. The maximum Gasteiger partial charge on any atom is 0.211 e. The summed E-state index contributed by atoms with van der Waals surface area (Å²) in [6.45, 7) is 4.97. The molecule has 0 aromatic heterocycles. The fourth-order valence-corrected chi connectivity index (χ4v) is 2.93. The minimum absolute atomic E-state index is 0.975. The highest BCUT2D eigenvalue weighted by molar-refractivity contribution is 9.26. The first-order chi connectivity index (χ1) is 5.13. The molecule has 0 aliphatic heterocycles. The molecule has 11 heavy (non-hydrogen) atoms. The largest absolute Gasteiger partial charge is 0.211 e. The number of halogens is 2. The summed E-state index contributed by atoms with van der Waals surface area (Å²) in [5.41, 5.74) is 1.29. The molecule has 0 aliphatic rings. The third kappa shape index (κ3) is 10.7. The second-order valence-electron chi connectivity index (χ2n) is 2.95. The highest BCUT2D eigenvalue weighted by Gasteiger charge is 1.99. The van der Waals surface area contributed by atoms with Gasteiger partial charge in [0.25, 0.3) is 0 Å². The lowest BCUT2D eigenvalue weighted by atomic mass is 10.1. The number of unbranched alkanes of at least 4 members (excludes halogenated alkanes) is 2. The lowest BCUT2D eigenvalue weighted by molar-refractivity contribution is 0.713. The van der Waals surface area contributed by atoms with Crippen LogP contribution in [0.4, 0.5) is 0 Å². The summed E-state index contributed by atoms with van der Waals surface area (Å²) < 4.78 is 0. The van der Waals surface area contributed by atoms with Crippen LogP contribution in [0.5, 0.6) is 0 Å². The second kappa shape index (κ2) is 7.38. The monoisotopic (exact) mass is 254 g/mol. The van der Waals surface area contributed by atoms with E-state index in [9.17, 15) is 0 Å². The molecular weight excluding hydrogens is 240 g/mol. The zero-order valence-corrected chi connectivity index (χ0v) is 10.6. The van der Waals surface area contributed by atoms with E-state index < -0.39 is 6.73 Å². The Morgan fingerprint density at radius 3 is 2.55 bits per heavy atom. The highest BCUT2D eigenvalue weighted by atomic mass is 79.9. The Labute approximate surface area is 83.9 Å². The first kappa shape index (κ1) is 11.7. The highest BCUT2D eigenvalue weighted by Crippen LogP contribution is 2.13. The van der Waals surface area contributed by atoms with Gasteiger partial charge in [0.1, 0.15) is 0 Å². The average molecular weight is 256 g/mol. The lowest BCUT2D eigenvalue weighted by Crippen LogP contribution is -1.90. The zero-order chi connectivity index (χ0) is 8.69. The molecule has 1 unspecified atom stereocenters. The molecule has 0 fully saturated rings. The normalized spacial score (nSPS) is 13.0. The molecule has 66 valence electrons. The van der Waals surface area contributed by atoms with E-state index in [0.29, 0.717) is 0 Å². The van der Waals surface area contributed by atoms with E-state index in [-0.39, 0.29) is 0 Å². The number of rotatable bonds is 6. The van der Waals surface area contributed by atoms with Gasteiger partial charge in [-0.25, -0.2) is 0 Å². The predicted octanol–water partition coefficient (Wildman–Crippen LogP) is 3.98. The van der Waals surface area contributed by atoms with E-state index in [1.165, 1.54) is 37.3 Å².